The minimum absolute atomic E-state index is 0.141. The van der Waals surface area contributed by atoms with Gasteiger partial charge in [-0.05, 0) is 18.4 Å². The van der Waals surface area contributed by atoms with Gasteiger partial charge in [0.05, 0.1) is 18.4 Å². The second kappa shape index (κ2) is 5.90. The van der Waals surface area contributed by atoms with Gasteiger partial charge in [-0.25, -0.2) is 0 Å². The van der Waals surface area contributed by atoms with E-state index in [0.717, 1.165) is 25.1 Å². The lowest BCUT2D eigenvalue weighted by Gasteiger charge is -2.08. The summed E-state index contributed by atoms with van der Waals surface area (Å²) in [5.41, 5.74) is 1.99. The van der Waals surface area contributed by atoms with Crippen molar-refractivity contribution in [2.45, 2.75) is 32.2 Å². The summed E-state index contributed by atoms with van der Waals surface area (Å²) in [5.74, 6) is 0.328. The molecule has 4 nitrogen and oxygen atoms in total. The number of amides is 1. The summed E-state index contributed by atoms with van der Waals surface area (Å²) >= 11 is 0. The second-order valence-corrected chi connectivity index (χ2v) is 5.38. The lowest BCUT2D eigenvalue weighted by molar-refractivity contribution is -0.119. The van der Waals surface area contributed by atoms with E-state index < -0.39 is 0 Å². The molecule has 0 spiro atoms. The van der Waals surface area contributed by atoms with E-state index in [1.54, 1.807) is 6.20 Å². The molecule has 0 atom stereocenters. The van der Waals surface area contributed by atoms with Crippen molar-refractivity contribution >= 4 is 11.6 Å². The first kappa shape index (κ1) is 12.9. The number of nitrogens with zero attached hydrogens (tertiary/aromatic N) is 2. The van der Waals surface area contributed by atoms with Crippen LogP contribution in [0.4, 0.5) is 5.69 Å². The van der Waals surface area contributed by atoms with Crippen molar-refractivity contribution in [2.75, 3.05) is 5.32 Å². The third-order valence-electron chi connectivity index (χ3n) is 3.81. The maximum absolute atomic E-state index is 12.0. The van der Waals surface area contributed by atoms with Crippen molar-refractivity contribution < 1.29 is 4.79 Å². The second-order valence-electron chi connectivity index (χ2n) is 5.38. The van der Waals surface area contributed by atoms with Gasteiger partial charge in [-0.2, -0.15) is 5.10 Å². The van der Waals surface area contributed by atoms with Gasteiger partial charge in [0.15, 0.2) is 0 Å². The molecule has 1 heterocycles. The fraction of sp³-hybridized carbons (Fsp3) is 0.375. The van der Waals surface area contributed by atoms with Crippen molar-refractivity contribution in [3.05, 3.63) is 48.3 Å². The molecule has 104 valence electrons. The fourth-order valence-corrected chi connectivity index (χ4v) is 2.72. The van der Waals surface area contributed by atoms with Crippen LogP contribution in [-0.4, -0.2) is 15.7 Å². The summed E-state index contributed by atoms with van der Waals surface area (Å²) in [7, 11) is 0. The van der Waals surface area contributed by atoms with Crippen LogP contribution in [-0.2, 0) is 11.3 Å². The van der Waals surface area contributed by atoms with Crippen LogP contribution in [0.3, 0.4) is 0 Å². The molecule has 1 aromatic carbocycles. The van der Waals surface area contributed by atoms with Crippen LogP contribution in [0.25, 0.3) is 0 Å². The van der Waals surface area contributed by atoms with E-state index in [9.17, 15) is 4.79 Å². The molecule has 0 aliphatic heterocycles. The highest BCUT2D eigenvalue weighted by Crippen LogP contribution is 2.25. The molecule has 1 aliphatic rings. The average Bonchev–Trinajstić information content (AvgIpc) is 3.11. The van der Waals surface area contributed by atoms with Crippen molar-refractivity contribution in [2.24, 2.45) is 5.92 Å². The highest BCUT2D eigenvalue weighted by Gasteiger charge is 2.22. The Bertz CT molecular complexity index is 570. The van der Waals surface area contributed by atoms with Crippen LogP contribution in [0.15, 0.2) is 42.7 Å². The Balaban J connectivity index is 1.60. The molecular weight excluding hydrogens is 250 g/mol. The van der Waals surface area contributed by atoms with E-state index in [0.29, 0.717) is 0 Å². The van der Waals surface area contributed by atoms with Gasteiger partial charge in [0.25, 0.3) is 0 Å². The summed E-state index contributed by atoms with van der Waals surface area (Å²) in [6.07, 6.45) is 7.99. The zero-order valence-corrected chi connectivity index (χ0v) is 11.5. The first-order valence-electron chi connectivity index (χ1n) is 7.18. The van der Waals surface area contributed by atoms with Crippen LogP contribution < -0.4 is 5.32 Å². The molecule has 0 bridgehead atoms. The van der Waals surface area contributed by atoms with E-state index in [4.69, 9.17) is 0 Å². The number of aromatic nitrogens is 2. The smallest absolute Gasteiger partial charge is 0.227 e. The van der Waals surface area contributed by atoms with Crippen molar-refractivity contribution in [3.63, 3.8) is 0 Å². The number of nitrogens with one attached hydrogen (secondary N) is 1. The van der Waals surface area contributed by atoms with Crippen LogP contribution in [0.1, 0.15) is 31.2 Å². The molecule has 1 saturated carbocycles. The van der Waals surface area contributed by atoms with Crippen molar-refractivity contribution in [1.29, 1.82) is 0 Å². The average molecular weight is 269 g/mol. The molecule has 0 unspecified atom stereocenters. The molecule has 3 rings (SSSR count). The Morgan fingerprint density at radius 2 is 2.00 bits per heavy atom. The van der Waals surface area contributed by atoms with Gasteiger partial charge in [0.2, 0.25) is 5.91 Å². The molecular formula is C16H19N3O. The maximum Gasteiger partial charge on any atom is 0.227 e. The quantitative estimate of drug-likeness (QED) is 0.927. The predicted octanol–water partition coefficient (Wildman–Crippen LogP) is 3.06. The first-order valence-corrected chi connectivity index (χ1v) is 7.18. The van der Waals surface area contributed by atoms with E-state index in [1.165, 1.54) is 18.4 Å². The number of benzene rings is 1. The highest BCUT2D eigenvalue weighted by molar-refractivity contribution is 5.92. The normalized spacial score (nSPS) is 15.4. The third kappa shape index (κ3) is 3.07. The van der Waals surface area contributed by atoms with Crippen LogP contribution >= 0.6 is 0 Å². The molecule has 1 N–H and O–H groups in total. The molecule has 1 amide bonds. The van der Waals surface area contributed by atoms with Gasteiger partial charge >= 0.3 is 0 Å². The van der Waals surface area contributed by atoms with Crippen LogP contribution in [0, 0.1) is 5.92 Å². The third-order valence-corrected chi connectivity index (χ3v) is 3.81. The summed E-state index contributed by atoms with van der Waals surface area (Å²) in [4.78, 5) is 12.0. The SMILES string of the molecule is O=C(Nc1cnn(Cc2ccccc2)c1)C1CCCC1. The Hall–Kier alpha value is -2.10. The van der Waals surface area contributed by atoms with E-state index >= 15 is 0 Å². The minimum Gasteiger partial charge on any atom is -0.323 e. The molecule has 2 aromatic rings. The topological polar surface area (TPSA) is 46.9 Å². The van der Waals surface area contributed by atoms with Crippen molar-refractivity contribution in [3.8, 4) is 0 Å². The lowest BCUT2D eigenvalue weighted by atomic mass is 10.1. The molecule has 1 aromatic heterocycles. The fourth-order valence-electron chi connectivity index (χ4n) is 2.72. The number of carbonyl (C=O) groups excluding carboxylic acids is 1. The summed E-state index contributed by atoms with van der Waals surface area (Å²) in [6.45, 7) is 0.722. The Morgan fingerprint density at radius 3 is 2.75 bits per heavy atom. The van der Waals surface area contributed by atoms with Gasteiger partial charge < -0.3 is 5.32 Å². The number of rotatable bonds is 4. The van der Waals surface area contributed by atoms with Gasteiger partial charge in [-0.3, -0.25) is 9.48 Å². The number of carbonyl (C=O) groups is 1. The first-order chi connectivity index (χ1) is 9.81. The van der Waals surface area contributed by atoms with Gasteiger partial charge in [0.1, 0.15) is 0 Å². The lowest BCUT2D eigenvalue weighted by Crippen LogP contribution is -2.19. The Kier molecular flexibility index (Phi) is 3.81. The van der Waals surface area contributed by atoms with Gasteiger partial charge in [-0.1, -0.05) is 43.2 Å². The summed E-state index contributed by atoms with van der Waals surface area (Å²) in [6, 6.07) is 10.2. The summed E-state index contributed by atoms with van der Waals surface area (Å²) in [5, 5.41) is 7.26. The number of hydrogen-bond acceptors (Lipinski definition) is 2. The molecule has 1 fully saturated rings. The molecule has 20 heavy (non-hydrogen) atoms. The molecule has 0 radical (unpaired) electrons. The standard InChI is InChI=1S/C16H19N3O/c20-16(14-8-4-5-9-14)18-15-10-17-19(12-15)11-13-6-2-1-3-7-13/h1-3,6-7,10,12,14H,4-5,8-9,11H2,(H,18,20). The Morgan fingerprint density at radius 1 is 1.25 bits per heavy atom. The number of anilines is 1. The van der Waals surface area contributed by atoms with E-state index in [-0.39, 0.29) is 11.8 Å². The summed E-state index contributed by atoms with van der Waals surface area (Å²) < 4.78 is 1.85. The predicted molar refractivity (Wildman–Crippen MR) is 78.4 cm³/mol. The van der Waals surface area contributed by atoms with E-state index in [1.807, 2.05) is 29.1 Å². The van der Waals surface area contributed by atoms with Crippen molar-refractivity contribution in [1.82, 2.24) is 9.78 Å². The monoisotopic (exact) mass is 269 g/mol. The van der Waals surface area contributed by atoms with Crippen LogP contribution in [0.2, 0.25) is 0 Å². The Labute approximate surface area is 118 Å². The van der Waals surface area contributed by atoms with E-state index in [2.05, 4.69) is 22.5 Å². The maximum atomic E-state index is 12.0. The molecule has 1 aliphatic carbocycles. The highest BCUT2D eigenvalue weighted by atomic mass is 16.1. The minimum atomic E-state index is 0.141. The van der Waals surface area contributed by atoms with Gasteiger partial charge in [-0.15, -0.1) is 0 Å². The largest absolute Gasteiger partial charge is 0.323 e. The van der Waals surface area contributed by atoms with Gasteiger partial charge in [0, 0.05) is 12.1 Å². The number of hydrogen-bond donors (Lipinski definition) is 1. The van der Waals surface area contributed by atoms with Crippen LogP contribution in [0.5, 0.6) is 0 Å². The zero-order valence-electron chi connectivity index (χ0n) is 11.5. The molecule has 4 heteroatoms. The zero-order chi connectivity index (χ0) is 13.8. The molecule has 0 saturated heterocycles.